The van der Waals surface area contributed by atoms with Crippen LogP contribution in [-0.4, -0.2) is 30.0 Å². The highest BCUT2D eigenvalue weighted by Crippen LogP contribution is 2.34. The molecule has 0 heterocycles. The molecule has 0 fully saturated rings. The lowest BCUT2D eigenvalue weighted by Crippen LogP contribution is -2.38. The van der Waals surface area contributed by atoms with Gasteiger partial charge in [0.2, 0.25) is 5.37 Å². The Hall–Kier alpha value is -2.38. The second-order valence-corrected chi connectivity index (χ2v) is 9.02. The van der Waals surface area contributed by atoms with Gasteiger partial charge in [-0.05, 0) is 65.0 Å². The molecule has 0 radical (unpaired) electrons. The Kier molecular flexibility index (Phi) is 7.81. The lowest BCUT2D eigenvalue weighted by Gasteiger charge is -2.26. The van der Waals surface area contributed by atoms with Crippen LogP contribution in [0.4, 0.5) is 4.79 Å². The smallest absolute Gasteiger partial charge is 0.411 e. The van der Waals surface area contributed by atoms with Gasteiger partial charge in [-0.2, -0.15) is 0 Å². The largest absolute Gasteiger partial charge is 0.610 e. The summed E-state index contributed by atoms with van der Waals surface area (Å²) in [5.74, 6) is 1.08. The fourth-order valence-corrected chi connectivity index (χ4v) is 3.88. The minimum atomic E-state index is -1.56. The number of hydrogen-bond donors (Lipinski definition) is 1. The molecule has 2 atom stereocenters. The van der Waals surface area contributed by atoms with Crippen LogP contribution in [0.5, 0.6) is 11.5 Å². The molecule has 2 aromatic rings. The Balaban J connectivity index is 2.41. The molecule has 6 nitrogen and oxygen atoms in total. The van der Waals surface area contributed by atoms with E-state index in [1.165, 1.54) is 0 Å². The van der Waals surface area contributed by atoms with Crippen LogP contribution in [0.1, 0.15) is 44.2 Å². The van der Waals surface area contributed by atoms with Crippen molar-refractivity contribution in [3.8, 4) is 11.5 Å². The van der Waals surface area contributed by atoms with Gasteiger partial charge in [0, 0.05) is 16.7 Å². The zero-order chi connectivity index (χ0) is 21.6. The van der Waals surface area contributed by atoms with E-state index in [1.54, 1.807) is 58.2 Å². The molecule has 2 aromatic carbocycles. The highest BCUT2D eigenvalue weighted by atomic mass is 32.2. The summed E-state index contributed by atoms with van der Waals surface area (Å²) in [4.78, 5) is 13.0. The Morgan fingerprint density at radius 1 is 1.14 bits per heavy atom. The second kappa shape index (κ2) is 9.89. The zero-order valence-corrected chi connectivity index (χ0v) is 18.6. The van der Waals surface area contributed by atoms with Crippen LogP contribution >= 0.6 is 0 Å². The minimum absolute atomic E-state index is 0.449. The first kappa shape index (κ1) is 22.9. The summed E-state index contributed by atoms with van der Waals surface area (Å²) < 4.78 is 29.7. The molecule has 2 unspecified atom stereocenters. The fourth-order valence-electron chi connectivity index (χ4n) is 2.61. The first-order valence-electron chi connectivity index (χ1n) is 9.42. The maximum Gasteiger partial charge on any atom is 0.411 e. The molecule has 0 bridgehead atoms. The molecule has 0 aromatic heterocycles. The molecule has 158 valence electrons. The van der Waals surface area contributed by atoms with Crippen molar-refractivity contribution >= 4 is 17.3 Å². The van der Waals surface area contributed by atoms with E-state index >= 15 is 0 Å². The Bertz CT molecular complexity index is 817. The monoisotopic (exact) mass is 419 g/mol. The van der Waals surface area contributed by atoms with E-state index in [9.17, 15) is 9.35 Å². The van der Waals surface area contributed by atoms with Crippen LogP contribution in [0.2, 0.25) is 0 Å². The molecule has 0 aliphatic heterocycles. The van der Waals surface area contributed by atoms with Gasteiger partial charge < -0.3 is 18.8 Å². The fraction of sp³-hybridized carbons (Fsp3) is 0.409. The van der Waals surface area contributed by atoms with Gasteiger partial charge in [-0.25, -0.2) is 4.79 Å². The lowest BCUT2D eigenvalue weighted by atomic mass is 10.2. The first-order valence-corrected chi connectivity index (χ1v) is 10.6. The molecule has 2 rings (SSSR count). The van der Waals surface area contributed by atoms with E-state index in [1.807, 2.05) is 26.0 Å². The number of aryl methyl sites for hydroxylation is 1. The van der Waals surface area contributed by atoms with Crippen LogP contribution < -0.4 is 14.8 Å². The van der Waals surface area contributed by atoms with Crippen LogP contribution in [0.3, 0.4) is 0 Å². The van der Waals surface area contributed by atoms with Crippen molar-refractivity contribution in [3.05, 3.63) is 53.6 Å². The quantitative estimate of drug-likeness (QED) is 0.656. The number of benzene rings is 2. The summed E-state index contributed by atoms with van der Waals surface area (Å²) in [7, 11) is 1.55. The topological polar surface area (TPSA) is 79.9 Å². The van der Waals surface area contributed by atoms with Crippen molar-refractivity contribution in [3.63, 3.8) is 0 Å². The Morgan fingerprint density at radius 3 is 2.34 bits per heavy atom. The molecule has 0 saturated carbocycles. The van der Waals surface area contributed by atoms with Gasteiger partial charge in [0.25, 0.3) is 0 Å². The molecular formula is C22H29NO5S. The molecule has 7 heteroatoms. The second-order valence-electron chi connectivity index (χ2n) is 7.48. The molecule has 0 aliphatic rings. The third-order valence-electron chi connectivity index (χ3n) is 3.91. The van der Waals surface area contributed by atoms with Crippen LogP contribution in [0.15, 0.2) is 47.4 Å². The number of rotatable bonds is 7. The van der Waals surface area contributed by atoms with Crippen molar-refractivity contribution in [2.45, 2.75) is 50.5 Å². The third-order valence-corrected chi connectivity index (χ3v) is 5.46. The maximum atomic E-state index is 13.4. The SMILES string of the molecule is CCOc1cc(C(NC(=O)OC(C)(C)C)[S+]([O-])c2ccc(C)cc2)ccc1OC. The molecular weight excluding hydrogens is 390 g/mol. The Morgan fingerprint density at radius 2 is 1.79 bits per heavy atom. The van der Waals surface area contributed by atoms with E-state index in [0.29, 0.717) is 28.6 Å². The number of carbonyl (C=O) groups is 1. The zero-order valence-electron chi connectivity index (χ0n) is 17.8. The van der Waals surface area contributed by atoms with Crippen LogP contribution in [0.25, 0.3) is 0 Å². The predicted octanol–water partition coefficient (Wildman–Crippen LogP) is 4.73. The van der Waals surface area contributed by atoms with E-state index in [2.05, 4.69) is 5.32 Å². The summed E-state index contributed by atoms with van der Waals surface area (Å²) in [6, 6.07) is 12.6. The summed E-state index contributed by atoms with van der Waals surface area (Å²) in [5, 5.41) is 1.93. The van der Waals surface area contributed by atoms with Gasteiger partial charge >= 0.3 is 6.09 Å². The van der Waals surface area contributed by atoms with Gasteiger partial charge in [0.05, 0.1) is 13.7 Å². The number of alkyl carbamates (subject to hydrolysis) is 1. The molecule has 0 aliphatic carbocycles. The van der Waals surface area contributed by atoms with E-state index in [0.717, 1.165) is 5.56 Å². The molecule has 0 spiro atoms. The molecule has 29 heavy (non-hydrogen) atoms. The number of hydrogen-bond acceptors (Lipinski definition) is 5. The van der Waals surface area contributed by atoms with Crippen molar-refractivity contribution in [1.82, 2.24) is 5.32 Å². The van der Waals surface area contributed by atoms with Crippen molar-refractivity contribution in [2.75, 3.05) is 13.7 Å². The highest BCUT2D eigenvalue weighted by molar-refractivity contribution is 7.91. The van der Waals surface area contributed by atoms with E-state index in [-0.39, 0.29) is 0 Å². The standard InChI is InChI=1S/C22H29NO5S/c1-7-27-19-14-16(10-13-18(19)26-6)20(23-21(24)28-22(3,4)5)29(25)17-11-8-15(2)9-12-17/h8-14,20H,7H2,1-6H3,(H,23,24). The number of carbonyl (C=O) groups excluding carboxylic acids is 1. The third kappa shape index (κ3) is 6.58. The van der Waals surface area contributed by atoms with Crippen molar-refractivity contribution in [2.24, 2.45) is 0 Å². The van der Waals surface area contributed by atoms with E-state index < -0.39 is 28.2 Å². The van der Waals surface area contributed by atoms with Gasteiger partial charge in [-0.15, -0.1) is 0 Å². The number of nitrogens with one attached hydrogen (secondary N) is 1. The maximum absolute atomic E-state index is 13.4. The number of methoxy groups -OCH3 is 1. The normalized spacial score (nSPS) is 13.3. The molecule has 1 N–H and O–H groups in total. The van der Waals surface area contributed by atoms with Gasteiger partial charge in [0.1, 0.15) is 5.60 Å². The summed E-state index contributed by atoms with van der Waals surface area (Å²) in [5.41, 5.74) is 1.01. The Labute approximate surface area is 175 Å². The van der Waals surface area contributed by atoms with Crippen LogP contribution in [-0.2, 0) is 15.9 Å². The van der Waals surface area contributed by atoms with Crippen molar-refractivity contribution in [1.29, 1.82) is 0 Å². The predicted molar refractivity (Wildman–Crippen MR) is 114 cm³/mol. The lowest BCUT2D eigenvalue weighted by molar-refractivity contribution is 0.0519. The average molecular weight is 420 g/mol. The first-order chi connectivity index (χ1) is 13.6. The average Bonchev–Trinajstić information content (AvgIpc) is 2.65. The van der Waals surface area contributed by atoms with Crippen molar-refractivity contribution < 1.29 is 23.6 Å². The number of amides is 1. The molecule has 1 amide bonds. The molecule has 0 saturated heterocycles. The van der Waals surface area contributed by atoms with Gasteiger partial charge in [0.15, 0.2) is 16.4 Å². The number of ether oxygens (including phenoxy) is 3. The summed E-state index contributed by atoms with van der Waals surface area (Å²) in [6.07, 6.45) is -0.642. The highest BCUT2D eigenvalue weighted by Gasteiger charge is 2.31. The van der Waals surface area contributed by atoms with Gasteiger partial charge in [-0.3, -0.25) is 5.32 Å². The summed E-state index contributed by atoms with van der Waals surface area (Å²) >= 11 is -1.56. The summed E-state index contributed by atoms with van der Waals surface area (Å²) in [6.45, 7) is 9.61. The minimum Gasteiger partial charge on any atom is -0.610 e. The van der Waals surface area contributed by atoms with Gasteiger partial charge in [-0.1, -0.05) is 17.7 Å². The van der Waals surface area contributed by atoms with E-state index in [4.69, 9.17) is 14.2 Å². The van der Waals surface area contributed by atoms with Crippen LogP contribution in [0, 0.1) is 6.92 Å².